The van der Waals surface area contributed by atoms with Gasteiger partial charge in [-0.3, -0.25) is 0 Å². The third-order valence-corrected chi connectivity index (χ3v) is 5.94. The summed E-state index contributed by atoms with van der Waals surface area (Å²) in [6.07, 6.45) is -0.618. The number of nitrogens with zero attached hydrogens (tertiary/aromatic N) is 2. The van der Waals surface area contributed by atoms with Crippen molar-refractivity contribution in [1.29, 1.82) is 0 Å². The number of halogens is 3. The SMILES string of the molecule is CN(C[C@@H]1CCCN(CCc2cccc(C(F)(F)F)c2)C1)S(C)(=O)=O. The molecule has 0 amide bonds. The summed E-state index contributed by atoms with van der Waals surface area (Å²) in [6.45, 7) is 2.84. The zero-order chi connectivity index (χ0) is 18.7. The minimum Gasteiger partial charge on any atom is -0.303 e. The number of rotatable bonds is 6. The molecule has 0 aromatic heterocycles. The number of hydrogen-bond acceptors (Lipinski definition) is 3. The predicted molar refractivity (Wildman–Crippen MR) is 91.8 cm³/mol. The van der Waals surface area contributed by atoms with Gasteiger partial charge in [0.05, 0.1) is 11.8 Å². The van der Waals surface area contributed by atoms with Gasteiger partial charge in [-0.25, -0.2) is 12.7 Å². The molecule has 0 spiro atoms. The quantitative estimate of drug-likeness (QED) is 0.764. The van der Waals surface area contributed by atoms with Gasteiger partial charge in [0, 0.05) is 26.7 Å². The summed E-state index contributed by atoms with van der Waals surface area (Å²) in [4.78, 5) is 2.21. The molecule has 1 aromatic carbocycles. The Labute approximate surface area is 147 Å². The van der Waals surface area contributed by atoms with Crippen molar-refractivity contribution in [1.82, 2.24) is 9.21 Å². The smallest absolute Gasteiger partial charge is 0.303 e. The molecule has 8 heteroatoms. The van der Waals surface area contributed by atoms with E-state index in [1.807, 2.05) is 0 Å². The van der Waals surface area contributed by atoms with Gasteiger partial charge < -0.3 is 4.90 Å². The normalized spacial score (nSPS) is 20.2. The highest BCUT2D eigenvalue weighted by Gasteiger charge is 2.30. The predicted octanol–water partition coefficient (Wildman–Crippen LogP) is 2.85. The molecule has 25 heavy (non-hydrogen) atoms. The molecule has 0 saturated carbocycles. The fraction of sp³-hybridized carbons (Fsp3) is 0.647. The van der Waals surface area contributed by atoms with Crippen LogP contribution in [0.5, 0.6) is 0 Å². The lowest BCUT2D eigenvalue weighted by atomic mass is 9.97. The lowest BCUT2D eigenvalue weighted by Gasteiger charge is -2.34. The van der Waals surface area contributed by atoms with E-state index in [0.717, 1.165) is 32.0 Å². The van der Waals surface area contributed by atoms with Crippen molar-refractivity contribution < 1.29 is 21.6 Å². The summed E-state index contributed by atoms with van der Waals surface area (Å²) in [5, 5.41) is 0. The molecule has 1 atom stereocenters. The number of benzene rings is 1. The van der Waals surface area contributed by atoms with Crippen molar-refractivity contribution >= 4 is 10.0 Å². The Hall–Kier alpha value is -1.12. The Morgan fingerprint density at radius 2 is 2.04 bits per heavy atom. The number of hydrogen-bond donors (Lipinski definition) is 0. The Balaban J connectivity index is 1.89. The van der Waals surface area contributed by atoms with Crippen molar-refractivity contribution in [3.05, 3.63) is 35.4 Å². The van der Waals surface area contributed by atoms with Gasteiger partial charge in [-0.2, -0.15) is 13.2 Å². The first-order chi connectivity index (χ1) is 11.6. The van der Waals surface area contributed by atoms with Gasteiger partial charge in [0.1, 0.15) is 0 Å². The van der Waals surface area contributed by atoms with Gasteiger partial charge in [-0.1, -0.05) is 18.2 Å². The van der Waals surface area contributed by atoms with Crippen LogP contribution in [-0.2, 0) is 22.6 Å². The maximum atomic E-state index is 12.8. The lowest BCUT2D eigenvalue weighted by Crippen LogP contribution is -2.42. The molecule has 4 nitrogen and oxygen atoms in total. The molecule has 1 heterocycles. The van der Waals surface area contributed by atoms with Crippen LogP contribution in [-0.4, -0.2) is 57.1 Å². The molecule has 0 aliphatic carbocycles. The van der Waals surface area contributed by atoms with E-state index in [1.54, 1.807) is 13.1 Å². The van der Waals surface area contributed by atoms with Crippen LogP contribution >= 0.6 is 0 Å². The minimum atomic E-state index is -4.32. The summed E-state index contributed by atoms with van der Waals surface area (Å²) in [7, 11) is -1.61. The molecule has 1 aliphatic rings. The van der Waals surface area contributed by atoms with Gasteiger partial charge in [-0.15, -0.1) is 0 Å². The third kappa shape index (κ3) is 6.27. The van der Waals surface area contributed by atoms with Crippen LogP contribution in [0, 0.1) is 5.92 Å². The molecule has 0 unspecified atom stereocenters. The largest absolute Gasteiger partial charge is 0.416 e. The first kappa shape index (κ1) is 20.2. The highest BCUT2D eigenvalue weighted by Crippen LogP contribution is 2.29. The zero-order valence-electron chi connectivity index (χ0n) is 14.6. The average Bonchev–Trinajstić information content (AvgIpc) is 2.52. The molecule has 0 bridgehead atoms. The van der Waals surface area contributed by atoms with E-state index in [1.165, 1.54) is 22.7 Å². The summed E-state index contributed by atoms with van der Waals surface area (Å²) in [5.41, 5.74) is 0.0569. The first-order valence-corrected chi connectivity index (χ1v) is 10.2. The molecule has 1 fully saturated rings. The molecule has 1 aromatic rings. The van der Waals surface area contributed by atoms with Crippen LogP contribution < -0.4 is 0 Å². The van der Waals surface area contributed by atoms with Crippen LogP contribution in [0.3, 0.4) is 0 Å². The second-order valence-electron chi connectivity index (χ2n) is 6.80. The molecule has 0 radical (unpaired) electrons. The molecule has 142 valence electrons. The van der Waals surface area contributed by atoms with Crippen LogP contribution in [0.4, 0.5) is 13.2 Å². The zero-order valence-corrected chi connectivity index (χ0v) is 15.4. The molecule has 1 aliphatic heterocycles. The Kier molecular flexibility index (Phi) is 6.51. The van der Waals surface area contributed by atoms with E-state index in [9.17, 15) is 21.6 Å². The summed E-state index contributed by atoms with van der Waals surface area (Å²) < 4.78 is 62.7. The molecule has 0 N–H and O–H groups in total. The van der Waals surface area contributed by atoms with Crippen LogP contribution in [0.2, 0.25) is 0 Å². The van der Waals surface area contributed by atoms with Crippen LogP contribution in [0.1, 0.15) is 24.0 Å². The Morgan fingerprint density at radius 3 is 2.68 bits per heavy atom. The molecule has 1 saturated heterocycles. The number of alkyl halides is 3. The number of likely N-dealkylation sites (tertiary alicyclic amines) is 1. The standard InChI is InChI=1S/C17H25F3N2O2S/c1-21(25(2,23)24)12-15-6-4-9-22(13-15)10-8-14-5-3-7-16(11-14)17(18,19)20/h3,5,7,11,15H,4,6,8-10,12-13H2,1-2H3/t15-/m0/s1. The number of piperidine rings is 1. The maximum absolute atomic E-state index is 12.8. The van der Waals surface area contributed by atoms with Gasteiger partial charge in [0.15, 0.2) is 0 Å². The van der Waals surface area contributed by atoms with Gasteiger partial charge in [0.2, 0.25) is 10.0 Å². The second-order valence-corrected chi connectivity index (χ2v) is 8.89. The monoisotopic (exact) mass is 378 g/mol. The summed E-state index contributed by atoms with van der Waals surface area (Å²) >= 11 is 0. The van der Waals surface area contributed by atoms with E-state index < -0.39 is 21.8 Å². The minimum absolute atomic E-state index is 0.259. The average molecular weight is 378 g/mol. The van der Waals surface area contributed by atoms with Crippen molar-refractivity contribution in [3.63, 3.8) is 0 Å². The summed E-state index contributed by atoms with van der Waals surface area (Å²) in [5.74, 6) is 0.259. The fourth-order valence-electron chi connectivity index (χ4n) is 3.19. The van der Waals surface area contributed by atoms with Crippen molar-refractivity contribution in [2.75, 3.05) is 39.5 Å². The molecular formula is C17H25F3N2O2S. The van der Waals surface area contributed by atoms with Crippen molar-refractivity contribution in [2.24, 2.45) is 5.92 Å². The van der Waals surface area contributed by atoms with Gasteiger partial charge in [-0.05, 0) is 43.4 Å². The van der Waals surface area contributed by atoms with E-state index >= 15 is 0 Å². The first-order valence-electron chi connectivity index (χ1n) is 8.35. The lowest BCUT2D eigenvalue weighted by molar-refractivity contribution is -0.137. The second kappa shape index (κ2) is 8.05. The van der Waals surface area contributed by atoms with Crippen LogP contribution in [0.25, 0.3) is 0 Å². The third-order valence-electron chi connectivity index (χ3n) is 4.66. The van der Waals surface area contributed by atoms with Gasteiger partial charge >= 0.3 is 6.18 Å². The Bertz CT molecular complexity index is 677. The van der Waals surface area contributed by atoms with Gasteiger partial charge in [0.25, 0.3) is 0 Å². The highest BCUT2D eigenvalue weighted by atomic mass is 32.2. The summed E-state index contributed by atoms with van der Waals surface area (Å²) in [6, 6.07) is 5.45. The molecular weight excluding hydrogens is 353 g/mol. The van der Waals surface area contributed by atoms with E-state index in [4.69, 9.17) is 0 Å². The van der Waals surface area contributed by atoms with Crippen LogP contribution in [0.15, 0.2) is 24.3 Å². The molecule has 2 rings (SSSR count). The highest BCUT2D eigenvalue weighted by molar-refractivity contribution is 7.88. The van der Waals surface area contributed by atoms with E-state index in [2.05, 4.69) is 4.90 Å². The maximum Gasteiger partial charge on any atom is 0.416 e. The van der Waals surface area contributed by atoms with Crippen molar-refractivity contribution in [2.45, 2.75) is 25.4 Å². The Morgan fingerprint density at radius 1 is 1.32 bits per heavy atom. The van der Waals surface area contributed by atoms with E-state index in [-0.39, 0.29) is 5.92 Å². The number of sulfonamides is 1. The fourth-order valence-corrected chi connectivity index (χ4v) is 3.67. The topological polar surface area (TPSA) is 40.6 Å². The van der Waals surface area contributed by atoms with E-state index in [0.29, 0.717) is 25.1 Å². The van der Waals surface area contributed by atoms with Crippen molar-refractivity contribution in [3.8, 4) is 0 Å².